The Kier molecular flexibility index (Phi) is 6.37. The summed E-state index contributed by atoms with van der Waals surface area (Å²) in [6, 6.07) is 14.0. The fourth-order valence-corrected chi connectivity index (χ4v) is 3.11. The summed E-state index contributed by atoms with van der Waals surface area (Å²) in [7, 11) is 0. The molecule has 1 heterocycles. The number of carboxylic acid groups (broad SMARTS) is 1. The molecule has 1 aliphatic heterocycles. The van der Waals surface area contributed by atoms with Crippen LogP contribution in [0.1, 0.15) is 19.8 Å². The molecule has 2 amide bonds. The van der Waals surface area contributed by atoms with Crippen molar-refractivity contribution >= 4 is 17.7 Å². The lowest BCUT2D eigenvalue weighted by molar-refractivity contribution is -0.143. The van der Waals surface area contributed by atoms with Crippen molar-refractivity contribution in [1.29, 1.82) is 0 Å². The minimum atomic E-state index is -0.864. The predicted octanol–water partition coefficient (Wildman–Crippen LogP) is 4.21. The summed E-state index contributed by atoms with van der Waals surface area (Å²) in [5.41, 5.74) is 0.527. The molecule has 1 aliphatic rings. The second-order valence-electron chi connectivity index (χ2n) is 6.56. The highest BCUT2D eigenvalue weighted by Crippen LogP contribution is 2.30. The van der Waals surface area contributed by atoms with E-state index in [1.54, 1.807) is 30.3 Å². The van der Waals surface area contributed by atoms with E-state index >= 15 is 0 Å². The van der Waals surface area contributed by atoms with E-state index in [9.17, 15) is 14.7 Å². The van der Waals surface area contributed by atoms with Crippen molar-refractivity contribution in [2.45, 2.75) is 19.8 Å². The molecule has 28 heavy (non-hydrogen) atoms. The van der Waals surface area contributed by atoms with Crippen molar-refractivity contribution in [2.75, 3.05) is 25.0 Å². The minimum Gasteiger partial charge on any atom is -0.494 e. The maximum Gasteiger partial charge on any atom is 0.321 e. The van der Waals surface area contributed by atoms with E-state index < -0.39 is 11.9 Å². The zero-order valence-electron chi connectivity index (χ0n) is 15.8. The van der Waals surface area contributed by atoms with Crippen LogP contribution < -0.4 is 14.8 Å². The molecule has 0 saturated carbocycles. The molecule has 0 aliphatic carbocycles. The lowest BCUT2D eigenvalue weighted by Gasteiger charge is -2.30. The van der Waals surface area contributed by atoms with Crippen LogP contribution in [0.3, 0.4) is 0 Å². The highest BCUT2D eigenvalue weighted by Gasteiger charge is 2.28. The number of urea groups is 1. The first-order valence-corrected chi connectivity index (χ1v) is 9.35. The van der Waals surface area contributed by atoms with Crippen LogP contribution in [0.25, 0.3) is 0 Å². The zero-order valence-corrected chi connectivity index (χ0v) is 15.8. The van der Waals surface area contributed by atoms with E-state index in [2.05, 4.69) is 5.32 Å². The van der Waals surface area contributed by atoms with E-state index in [1.807, 2.05) is 25.1 Å². The van der Waals surface area contributed by atoms with E-state index in [1.165, 1.54) is 4.90 Å². The van der Waals surface area contributed by atoms with Crippen LogP contribution in [-0.4, -0.2) is 41.7 Å². The highest BCUT2D eigenvalue weighted by atomic mass is 16.5. The molecular formula is C21H24N2O5. The monoisotopic (exact) mass is 384 g/mol. The lowest BCUT2D eigenvalue weighted by atomic mass is 9.99. The topological polar surface area (TPSA) is 88.1 Å². The third-order valence-corrected chi connectivity index (χ3v) is 4.55. The number of benzene rings is 2. The normalized spacial score (nSPS) is 16.3. The van der Waals surface area contributed by atoms with E-state index in [4.69, 9.17) is 9.47 Å². The summed E-state index contributed by atoms with van der Waals surface area (Å²) < 4.78 is 11.3. The van der Waals surface area contributed by atoms with Crippen LogP contribution in [0, 0.1) is 5.92 Å². The van der Waals surface area contributed by atoms with Crippen molar-refractivity contribution in [1.82, 2.24) is 4.90 Å². The molecule has 0 aromatic heterocycles. The standard InChI is InChI=1S/C21H24N2O5/c1-2-27-16-9-11-17(12-10-16)28-19-8-4-3-7-18(19)22-21(26)23-13-5-6-15(14-23)20(24)25/h3-4,7-12,15H,2,5-6,13-14H2,1H3,(H,22,26)(H,24,25). The Morgan fingerprint density at radius 3 is 2.57 bits per heavy atom. The Balaban J connectivity index is 1.68. The van der Waals surface area contributed by atoms with Crippen LogP contribution in [0.2, 0.25) is 0 Å². The fourth-order valence-electron chi connectivity index (χ4n) is 3.11. The number of ether oxygens (including phenoxy) is 2. The Hall–Kier alpha value is -3.22. The molecule has 7 nitrogen and oxygen atoms in total. The van der Waals surface area contributed by atoms with Gasteiger partial charge < -0.3 is 24.8 Å². The quantitative estimate of drug-likeness (QED) is 0.779. The van der Waals surface area contributed by atoms with Crippen molar-refractivity contribution in [3.63, 3.8) is 0 Å². The number of carbonyl (C=O) groups excluding carboxylic acids is 1. The Morgan fingerprint density at radius 1 is 1.14 bits per heavy atom. The summed E-state index contributed by atoms with van der Waals surface area (Å²) in [6.07, 6.45) is 1.27. The number of likely N-dealkylation sites (tertiary alicyclic amines) is 1. The molecule has 1 saturated heterocycles. The molecule has 7 heteroatoms. The first kappa shape index (κ1) is 19.5. The van der Waals surface area contributed by atoms with Gasteiger partial charge in [-0.15, -0.1) is 0 Å². The van der Waals surface area contributed by atoms with Gasteiger partial charge in [-0.1, -0.05) is 12.1 Å². The number of carboxylic acids is 1. The van der Waals surface area contributed by atoms with Gasteiger partial charge in [-0.25, -0.2) is 4.79 Å². The number of anilines is 1. The summed E-state index contributed by atoms with van der Waals surface area (Å²) in [6.45, 7) is 3.26. The van der Waals surface area contributed by atoms with Crippen molar-refractivity contribution in [2.24, 2.45) is 5.92 Å². The lowest BCUT2D eigenvalue weighted by Crippen LogP contribution is -2.44. The third-order valence-electron chi connectivity index (χ3n) is 4.55. The van der Waals surface area contributed by atoms with Gasteiger partial charge in [0.25, 0.3) is 0 Å². The maximum atomic E-state index is 12.6. The van der Waals surface area contributed by atoms with Gasteiger partial charge in [-0.2, -0.15) is 0 Å². The SMILES string of the molecule is CCOc1ccc(Oc2ccccc2NC(=O)N2CCCC(C(=O)O)C2)cc1. The molecule has 0 bridgehead atoms. The third kappa shape index (κ3) is 4.94. The molecule has 1 fully saturated rings. The molecule has 2 aromatic carbocycles. The van der Waals surface area contributed by atoms with Crippen molar-refractivity contribution in [3.05, 3.63) is 48.5 Å². The highest BCUT2D eigenvalue weighted by molar-refractivity contribution is 5.91. The molecular weight excluding hydrogens is 360 g/mol. The average Bonchev–Trinajstić information content (AvgIpc) is 2.71. The van der Waals surface area contributed by atoms with E-state index in [0.29, 0.717) is 43.2 Å². The smallest absolute Gasteiger partial charge is 0.321 e. The number of hydrogen-bond acceptors (Lipinski definition) is 4. The van der Waals surface area contributed by atoms with Gasteiger partial charge in [0.05, 0.1) is 18.2 Å². The summed E-state index contributed by atoms with van der Waals surface area (Å²) in [5.74, 6) is 0.502. The minimum absolute atomic E-state index is 0.211. The molecule has 148 valence electrons. The maximum absolute atomic E-state index is 12.6. The molecule has 1 unspecified atom stereocenters. The van der Waals surface area contributed by atoms with Gasteiger partial charge in [0.1, 0.15) is 11.5 Å². The van der Waals surface area contributed by atoms with E-state index in [0.717, 1.165) is 5.75 Å². The summed E-state index contributed by atoms with van der Waals surface area (Å²) in [5, 5.41) is 12.0. The number of para-hydroxylation sites is 2. The molecule has 0 radical (unpaired) electrons. The van der Waals surface area contributed by atoms with Gasteiger partial charge in [0.15, 0.2) is 5.75 Å². The molecule has 1 atom stereocenters. The Labute approximate surface area is 163 Å². The Morgan fingerprint density at radius 2 is 1.86 bits per heavy atom. The number of piperidine rings is 1. The molecule has 2 N–H and O–H groups in total. The van der Waals surface area contributed by atoms with Crippen molar-refractivity contribution in [3.8, 4) is 17.2 Å². The van der Waals surface area contributed by atoms with Gasteiger partial charge in [-0.05, 0) is 56.2 Å². The summed E-state index contributed by atoms with van der Waals surface area (Å²) in [4.78, 5) is 25.4. The van der Waals surface area contributed by atoms with E-state index in [-0.39, 0.29) is 12.6 Å². The van der Waals surface area contributed by atoms with Crippen LogP contribution in [0.5, 0.6) is 17.2 Å². The van der Waals surface area contributed by atoms with Crippen LogP contribution in [-0.2, 0) is 4.79 Å². The van der Waals surface area contributed by atoms with Crippen LogP contribution in [0.4, 0.5) is 10.5 Å². The second-order valence-corrected chi connectivity index (χ2v) is 6.56. The number of rotatable bonds is 6. The number of amides is 2. The Bertz CT molecular complexity index is 822. The van der Waals surface area contributed by atoms with Crippen LogP contribution >= 0.6 is 0 Å². The van der Waals surface area contributed by atoms with Gasteiger partial charge >= 0.3 is 12.0 Å². The zero-order chi connectivity index (χ0) is 19.9. The number of hydrogen-bond donors (Lipinski definition) is 2. The largest absolute Gasteiger partial charge is 0.494 e. The number of aliphatic carboxylic acids is 1. The fraction of sp³-hybridized carbons (Fsp3) is 0.333. The predicted molar refractivity (Wildman–Crippen MR) is 105 cm³/mol. The van der Waals surface area contributed by atoms with Gasteiger partial charge in [0.2, 0.25) is 0 Å². The first-order valence-electron chi connectivity index (χ1n) is 9.35. The van der Waals surface area contributed by atoms with Crippen LogP contribution in [0.15, 0.2) is 48.5 Å². The average molecular weight is 384 g/mol. The number of nitrogens with zero attached hydrogens (tertiary/aromatic N) is 1. The molecule has 2 aromatic rings. The number of carbonyl (C=O) groups is 2. The van der Waals surface area contributed by atoms with Gasteiger partial charge in [-0.3, -0.25) is 4.79 Å². The summed E-state index contributed by atoms with van der Waals surface area (Å²) >= 11 is 0. The molecule has 3 rings (SSSR count). The second kappa shape index (κ2) is 9.12. The first-order chi connectivity index (χ1) is 13.6. The van der Waals surface area contributed by atoms with Gasteiger partial charge in [0, 0.05) is 13.1 Å². The molecule has 0 spiro atoms. The van der Waals surface area contributed by atoms with Crippen molar-refractivity contribution < 1.29 is 24.2 Å². The number of nitrogens with one attached hydrogen (secondary N) is 1.